The third kappa shape index (κ3) is 5.81. The highest BCUT2D eigenvalue weighted by Gasteiger charge is 2.51. The highest BCUT2D eigenvalue weighted by Crippen LogP contribution is 2.48. The van der Waals surface area contributed by atoms with Crippen LogP contribution in [0.5, 0.6) is 5.75 Å². The van der Waals surface area contributed by atoms with Crippen molar-refractivity contribution < 1.29 is 45.7 Å². The van der Waals surface area contributed by atoms with E-state index in [4.69, 9.17) is 4.74 Å². The molecule has 0 saturated carbocycles. The summed E-state index contributed by atoms with van der Waals surface area (Å²) in [6, 6.07) is 4.45. The minimum atomic E-state index is -4.98. The smallest absolute Gasteiger partial charge is 0.477 e. The second kappa shape index (κ2) is 9.40. The maximum absolute atomic E-state index is 13.9. The summed E-state index contributed by atoms with van der Waals surface area (Å²) in [7, 11) is 1.60. The standard InChI is InChI=1S/C19H20F6N2O4S/c1-26(12-5-7-30-8-6-12)17-27(15(18(20,21)22)14(32-17)16(28)29)10-11-3-2-4-13(9-11)31-19(23,24)25/h2-4,9,12,17H,5-8,10H2,1H3,(H,28,29). The van der Waals surface area contributed by atoms with E-state index in [0.29, 0.717) is 37.8 Å². The van der Waals surface area contributed by atoms with Gasteiger partial charge in [-0.3, -0.25) is 4.90 Å². The number of nitrogens with zero attached hydrogens (tertiary/aromatic N) is 2. The zero-order chi connectivity index (χ0) is 23.7. The molecule has 0 bridgehead atoms. The Labute approximate surface area is 183 Å². The van der Waals surface area contributed by atoms with Crippen LogP contribution in [-0.4, -0.2) is 65.2 Å². The average Bonchev–Trinajstić information content (AvgIpc) is 3.07. The fourth-order valence-electron chi connectivity index (χ4n) is 3.68. The van der Waals surface area contributed by atoms with E-state index in [2.05, 4.69) is 4.74 Å². The van der Waals surface area contributed by atoms with Crippen LogP contribution in [0.2, 0.25) is 0 Å². The summed E-state index contributed by atoms with van der Waals surface area (Å²) in [5.41, 5.74) is -2.25. The molecular formula is C19H20F6N2O4S. The molecule has 3 rings (SSSR count). The van der Waals surface area contributed by atoms with E-state index in [9.17, 15) is 36.2 Å². The van der Waals surface area contributed by atoms with Crippen molar-refractivity contribution in [3.05, 3.63) is 40.4 Å². The van der Waals surface area contributed by atoms with Gasteiger partial charge in [0.2, 0.25) is 0 Å². The Morgan fingerprint density at radius 1 is 1.25 bits per heavy atom. The molecule has 0 amide bonds. The van der Waals surface area contributed by atoms with E-state index >= 15 is 0 Å². The molecular weight excluding hydrogens is 466 g/mol. The van der Waals surface area contributed by atoms with Gasteiger partial charge in [-0.2, -0.15) is 13.2 Å². The van der Waals surface area contributed by atoms with Crippen molar-refractivity contribution in [2.24, 2.45) is 0 Å². The number of carbonyl (C=O) groups is 1. The van der Waals surface area contributed by atoms with Crippen LogP contribution in [0.4, 0.5) is 26.3 Å². The Morgan fingerprint density at radius 2 is 1.91 bits per heavy atom. The number of hydrogen-bond donors (Lipinski definition) is 1. The van der Waals surface area contributed by atoms with Crippen LogP contribution in [-0.2, 0) is 16.1 Å². The highest BCUT2D eigenvalue weighted by molar-refractivity contribution is 8.04. The van der Waals surface area contributed by atoms with Crippen LogP contribution in [0, 0.1) is 0 Å². The van der Waals surface area contributed by atoms with E-state index in [1.54, 1.807) is 11.9 Å². The second-order valence-corrected chi connectivity index (χ2v) is 8.32. The van der Waals surface area contributed by atoms with Crippen molar-refractivity contribution in [1.29, 1.82) is 0 Å². The molecule has 0 spiro atoms. The molecule has 32 heavy (non-hydrogen) atoms. The summed E-state index contributed by atoms with van der Waals surface area (Å²) in [6.45, 7) is 0.384. The molecule has 1 fully saturated rings. The lowest BCUT2D eigenvalue weighted by Gasteiger charge is -2.40. The summed E-state index contributed by atoms with van der Waals surface area (Å²) in [4.78, 5) is 13.3. The third-order valence-electron chi connectivity index (χ3n) is 5.06. The minimum Gasteiger partial charge on any atom is -0.477 e. The van der Waals surface area contributed by atoms with Gasteiger partial charge < -0.3 is 19.5 Å². The molecule has 0 aromatic heterocycles. The molecule has 6 nitrogen and oxygen atoms in total. The number of benzene rings is 1. The number of thioether (sulfide) groups is 1. The molecule has 1 aromatic carbocycles. The molecule has 0 radical (unpaired) electrons. The lowest BCUT2D eigenvalue weighted by atomic mass is 10.1. The van der Waals surface area contributed by atoms with Gasteiger partial charge in [-0.1, -0.05) is 23.9 Å². The monoisotopic (exact) mass is 486 g/mol. The van der Waals surface area contributed by atoms with Crippen LogP contribution < -0.4 is 4.74 Å². The van der Waals surface area contributed by atoms with Crippen molar-refractivity contribution in [1.82, 2.24) is 9.80 Å². The number of rotatable bonds is 6. The highest BCUT2D eigenvalue weighted by atomic mass is 32.2. The summed E-state index contributed by atoms with van der Waals surface area (Å²) in [5.74, 6) is -2.29. The molecule has 2 aliphatic rings. The molecule has 1 saturated heterocycles. The van der Waals surface area contributed by atoms with Gasteiger partial charge in [0.15, 0.2) is 0 Å². The molecule has 1 atom stereocenters. The quantitative estimate of drug-likeness (QED) is 0.599. The van der Waals surface area contributed by atoms with E-state index in [1.807, 2.05) is 0 Å². The summed E-state index contributed by atoms with van der Waals surface area (Å²) < 4.78 is 88.5. The molecule has 13 heteroatoms. The van der Waals surface area contributed by atoms with Gasteiger partial charge >= 0.3 is 18.5 Å². The number of alkyl halides is 6. The molecule has 1 N–H and O–H groups in total. The van der Waals surface area contributed by atoms with E-state index in [-0.39, 0.29) is 11.6 Å². The molecule has 2 aliphatic heterocycles. The number of carboxylic acids is 1. The largest absolute Gasteiger partial charge is 0.573 e. The van der Waals surface area contributed by atoms with Crippen molar-refractivity contribution in [3.63, 3.8) is 0 Å². The second-order valence-electron chi connectivity index (χ2n) is 7.26. The van der Waals surface area contributed by atoms with Crippen LogP contribution >= 0.6 is 11.8 Å². The van der Waals surface area contributed by atoms with Crippen LogP contribution in [0.1, 0.15) is 18.4 Å². The Kier molecular flexibility index (Phi) is 7.20. The van der Waals surface area contributed by atoms with Crippen molar-refractivity contribution >= 4 is 17.7 Å². The molecule has 2 heterocycles. The zero-order valence-electron chi connectivity index (χ0n) is 16.7. The first-order chi connectivity index (χ1) is 14.9. The number of allylic oxidation sites excluding steroid dienone is 1. The lowest BCUT2D eigenvalue weighted by Crippen LogP contribution is -2.49. The number of ether oxygens (including phenoxy) is 2. The van der Waals surface area contributed by atoms with Gasteiger partial charge in [0, 0.05) is 25.8 Å². The Bertz CT molecular complexity index is 870. The fourth-order valence-corrected chi connectivity index (χ4v) is 4.98. The Balaban J connectivity index is 1.96. The maximum atomic E-state index is 13.9. The predicted octanol–water partition coefficient (Wildman–Crippen LogP) is 4.39. The van der Waals surface area contributed by atoms with E-state index < -0.39 is 46.9 Å². The first kappa shape index (κ1) is 24.5. The van der Waals surface area contributed by atoms with Crippen molar-refractivity contribution in [3.8, 4) is 5.75 Å². The SMILES string of the molecule is CN(C1CCOCC1)C1SC(C(=O)O)=C(C(F)(F)F)N1Cc1cccc(OC(F)(F)F)c1. The fraction of sp³-hybridized carbons (Fsp3) is 0.526. The number of carboxylic acid groups (broad SMARTS) is 1. The summed E-state index contributed by atoms with van der Waals surface area (Å²) >= 11 is 0.557. The molecule has 178 valence electrons. The third-order valence-corrected chi connectivity index (χ3v) is 6.46. The first-order valence-corrected chi connectivity index (χ1v) is 10.4. The van der Waals surface area contributed by atoms with Gasteiger partial charge in [0.1, 0.15) is 21.8 Å². The van der Waals surface area contributed by atoms with Crippen molar-refractivity contribution in [2.75, 3.05) is 20.3 Å². The first-order valence-electron chi connectivity index (χ1n) is 9.49. The number of halogens is 6. The predicted molar refractivity (Wildman–Crippen MR) is 102 cm³/mol. The molecule has 0 aliphatic carbocycles. The minimum absolute atomic E-state index is 0.103. The number of aliphatic carboxylic acids is 1. The van der Waals surface area contributed by atoms with Gasteiger partial charge in [-0.15, -0.1) is 13.2 Å². The van der Waals surface area contributed by atoms with Gasteiger partial charge in [0.25, 0.3) is 0 Å². The van der Waals surface area contributed by atoms with Crippen LogP contribution in [0.3, 0.4) is 0 Å². The lowest BCUT2D eigenvalue weighted by molar-refractivity contribution is -0.274. The molecule has 1 unspecified atom stereocenters. The van der Waals surface area contributed by atoms with Crippen molar-refractivity contribution in [2.45, 2.75) is 43.5 Å². The maximum Gasteiger partial charge on any atom is 0.573 e. The van der Waals surface area contributed by atoms with E-state index in [1.165, 1.54) is 12.1 Å². The Hall–Kier alpha value is -2.12. The van der Waals surface area contributed by atoms with Crippen LogP contribution in [0.25, 0.3) is 0 Å². The number of hydrogen-bond acceptors (Lipinski definition) is 6. The Morgan fingerprint density at radius 3 is 2.47 bits per heavy atom. The zero-order valence-corrected chi connectivity index (χ0v) is 17.6. The summed E-state index contributed by atoms with van der Waals surface area (Å²) in [6.07, 6.45) is -8.83. The van der Waals surface area contributed by atoms with Gasteiger partial charge in [-0.05, 0) is 37.6 Å². The average molecular weight is 486 g/mol. The summed E-state index contributed by atoms with van der Waals surface area (Å²) in [5, 5.41) is 9.42. The van der Waals surface area contributed by atoms with Gasteiger partial charge in [-0.25, -0.2) is 4.79 Å². The topological polar surface area (TPSA) is 62.2 Å². The normalized spacial score (nSPS) is 20.9. The molecule has 1 aromatic rings. The van der Waals surface area contributed by atoms with Crippen LogP contribution in [0.15, 0.2) is 34.9 Å². The van der Waals surface area contributed by atoms with Gasteiger partial charge in [0.05, 0.1) is 0 Å². The van der Waals surface area contributed by atoms with E-state index in [0.717, 1.165) is 17.0 Å².